The first-order valence-corrected chi connectivity index (χ1v) is 13.3. The van der Waals surface area contributed by atoms with Crippen molar-refractivity contribution in [3.05, 3.63) is 64.9 Å². The van der Waals surface area contributed by atoms with Gasteiger partial charge in [-0.2, -0.15) is 0 Å². The lowest BCUT2D eigenvalue weighted by Gasteiger charge is -2.22. The largest absolute Gasteiger partial charge is 0.325 e. The predicted octanol–water partition coefficient (Wildman–Crippen LogP) is 3.14. The van der Waals surface area contributed by atoms with Gasteiger partial charge in [0.1, 0.15) is 12.4 Å². The molecule has 0 fully saturated rings. The SMILES string of the molecule is CS(=O)(=O)N(CC(=O)Nc1ccc(S(=O)(=O)Nc2nccs2)cc1)c1ccc(F)c(Cl)c1. The van der Waals surface area contributed by atoms with Crippen LogP contribution < -0.4 is 14.3 Å². The Morgan fingerprint density at radius 3 is 2.41 bits per heavy atom. The number of carbonyl (C=O) groups is 1. The van der Waals surface area contributed by atoms with Crippen LogP contribution in [0.25, 0.3) is 0 Å². The minimum Gasteiger partial charge on any atom is -0.325 e. The summed E-state index contributed by atoms with van der Waals surface area (Å²) in [5, 5.41) is 4.03. The third-order valence-electron chi connectivity index (χ3n) is 3.98. The topological polar surface area (TPSA) is 126 Å². The van der Waals surface area contributed by atoms with E-state index in [4.69, 9.17) is 11.6 Å². The standard InChI is InChI=1S/C18H16ClFN4O5S3/c1-31(26,27)24(13-4-7-16(20)15(19)10-13)11-17(25)22-12-2-5-14(6-3-12)32(28,29)23-18-21-8-9-30-18/h2-10H,11H2,1H3,(H,21,23)(H,22,25). The maximum Gasteiger partial charge on any atom is 0.263 e. The van der Waals surface area contributed by atoms with Crippen molar-refractivity contribution in [1.82, 2.24) is 4.98 Å². The molecule has 170 valence electrons. The van der Waals surface area contributed by atoms with Crippen LogP contribution in [0.1, 0.15) is 0 Å². The number of halogens is 2. The molecule has 0 bridgehead atoms. The van der Waals surface area contributed by atoms with Crippen LogP contribution in [0, 0.1) is 5.82 Å². The molecule has 3 aromatic rings. The fraction of sp³-hybridized carbons (Fsp3) is 0.111. The van der Waals surface area contributed by atoms with Gasteiger partial charge < -0.3 is 5.32 Å². The molecule has 32 heavy (non-hydrogen) atoms. The molecule has 0 atom stereocenters. The van der Waals surface area contributed by atoms with Crippen molar-refractivity contribution in [2.75, 3.05) is 27.1 Å². The number of hydrogen-bond donors (Lipinski definition) is 2. The van der Waals surface area contributed by atoms with Crippen molar-refractivity contribution < 1.29 is 26.0 Å². The van der Waals surface area contributed by atoms with Gasteiger partial charge in [-0.15, -0.1) is 11.3 Å². The maximum absolute atomic E-state index is 13.4. The van der Waals surface area contributed by atoms with Gasteiger partial charge in [0.25, 0.3) is 10.0 Å². The van der Waals surface area contributed by atoms with Crippen LogP contribution in [-0.4, -0.2) is 40.5 Å². The van der Waals surface area contributed by atoms with Crippen LogP contribution in [0.3, 0.4) is 0 Å². The second kappa shape index (κ2) is 9.40. The Morgan fingerprint density at radius 1 is 1.16 bits per heavy atom. The molecule has 0 saturated carbocycles. The summed E-state index contributed by atoms with van der Waals surface area (Å²) < 4.78 is 65.5. The molecular formula is C18H16ClFN4O5S3. The van der Waals surface area contributed by atoms with Gasteiger partial charge in [0.05, 0.1) is 21.9 Å². The number of thiazole rings is 1. The van der Waals surface area contributed by atoms with Gasteiger partial charge in [0, 0.05) is 17.3 Å². The molecule has 3 rings (SSSR count). The van der Waals surface area contributed by atoms with E-state index >= 15 is 0 Å². The van der Waals surface area contributed by atoms with Gasteiger partial charge in [-0.25, -0.2) is 26.2 Å². The lowest BCUT2D eigenvalue weighted by molar-refractivity contribution is -0.114. The molecule has 1 amide bonds. The highest BCUT2D eigenvalue weighted by Crippen LogP contribution is 2.25. The van der Waals surface area contributed by atoms with Crippen molar-refractivity contribution in [2.24, 2.45) is 0 Å². The highest BCUT2D eigenvalue weighted by molar-refractivity contribution is 7.93. The van der Waals surface area contributed by atoms with Crippen molar-refractivity contribution in [3.8, 4) is 0 Å². The zero-order valence-corrected chi connectivity index (χ0v) is 19.5. The van der Waals surface area contributed by atoms with E-state index in [-0.39, 0.29) is 26.4 Å². The molecule has 0 radical (unpaired) electrons. The minimum absolute atomic E-state index is 0.0174. The number of hydrogen-bond acceptors (Lipinski definition) is 7. The van der Waals surface area contributed by atoms with E-state index in [2.05, 4.69) is 15.0 Å². The number of rotatable bonds is 8. The fourth-order valence-electron chi connectivity index (χ4n) is 2.54. The molecule has 0 saturated heterocycles. The molecular weight excluding hydrogens is 503 g/mol. The molecule has 1 aromatic heterocycles. The summed E-state index contributed by atoms with van der Waals surface area (Å²) >= 11 is 6.84. The Hall–Kier alpha value is -2.74. The summed E-state index contributed by atoms with van der Waals surface area (Å²) in [6.45, 7) is -0.605. The van der Waals surface area contributed by atoms with Crippen LogP contribution in [0.15, 0.2) is 58.9 Å². The summed E-state index contributed by atoms with van der Waals surface area (Å²) in [5.41, 5.74) is 0.262. The van der Waals surface area contributed by atoms with Crippen LogP contribution in [0.5, 0.6) is 0 Å². The highest BCUT2D eigenvalue weighted by Gasteiger charge is 2.22. The number of sulfonamides is 2. The average Bonchev–Trinajstić information content (AvgIpc) is 3.20. The van der Waals surface area contributed by atoms with Crippen LogP contribution >= 0.6 is 22.9 Å². The number of aromatic nitrogens is 1. The molecule has 0 aliphatic rings. The van der Waals surface area contributed by atoms with E-state index < -0.39 is 38.3 Å². The molecule has 14 heteroatoms. The second-order valence-corrected chi connectivity index (χ2v) is 11.3. The van der Waals surface area contributed by atoms with Gasteiger partial charge in [-0.05, 0) is 42.5 Å². The highest BCUT2D eigenvalue weighted by atomic mass is 35.5. The summed E-state index contributed by atoms with van der Waals surface area (Å²) in [4.78, 5) is 16.2. The Labute approximate surface area is 193 Å². The first-order chi connectivity index (χ1) is 15.0. The summed E-state index contributed by atoms with van der Waals surface area (Å²) in [5.74, 6) is -1.43. The quantitative estimate of drug-likeness (QED) is 0.472. The zero-order chi connectivity index (χ0) is 23.5. The van der Waals surface area contributed by atoms with Crippen molar-refractivity contribution in [1.29, 1.82) is 0 Å². The Morgan fingerprint density at radius 2 is 1.84 bits per heavy atom. The van der Waals surface area contributed by atoms with E-state index in [1.807, 2.05) is 0 Å². The number of amides is 1. The van der Waals surface area contributed by atoms with Gasteiger partial charge in [-0.1, -0.05) is 11.6 Å². The van der Waals surface area contributed by atoms with Gasteiger partial charge in [-0.3, -0.25) is 13.8 Å². The first kappa shape index (κ1) is 23.9. The van der Waals surface area contributed by atoms with E-state index in [1.54, 1.807) is 5.38 Å². The third kappa shape index (κ3) is 5.94. The van der Waals surface area contributed by atoms with E-state index in [1.165, 1.54) is 36.5 Å². The molecule has 9 nitrogen and oxygen atoms in total. The molecule has 0 unspecified atom stereocenters. The summed E-state index contributed by atoms with van der Waals surface area (Å²) in [7, 11) is -7.74. The number of nitrogens with one attached hydrogen (secondary N) is 2. The molecule has 0 spiro atoms. The lowest BCUT2D eigenvalue weighted by Crippen LogP contribution is -2.37. The lowest BCUT2D eigenvalue weighted by atomic mass is 10.3. The van der Waals surface area contributed by atoms with Crippen LogP contribution in [-0.2, 0) is 24.8 Å². The minimum atomic E-state index is -3.89. The van der Waals surface area contributed by atoms with E-state index in [0.717, 1.165) is 34.0 Å². The molecule has 2 N–H and O–H groups in total. The average molecular weight is 519 g/mol. The summed E-state index contributed by atoms with van der Waals surface area (Å²) in [6.07, 6.45) is 2.35. The normalized spacial score (nSPS) is 11.7. The maximum atomic E-state index is 13.4. The Balaban J connectivity index is 1.72. The van der Waals surface area contributed by atoms with Crippen molar-refractivity contribution >= 4 is 65.4 Å². The van der Waals surface area contributed by atoms with E-state index in [0.29, 0.717) is 0 Å². The summed E-state index contributed by atoms with van der Waals surface area (Å²) in [6, 6.07) is 8.54. The monoisotopic (exact) mass is 518 g/mol. The number of benzene rings is 2. The predicted molar refractivity (Wildman–Crippen MR) is 122 cm³/mol. The molecule has 2 aromatic carbocycles. The zero-order valence-electron chi connectivity index (χ0n) is 16.3. The Kier molecular flexibility index (Phi) is 7.03. The number of anilines is 3. The number of nitrogens with zero attached hydrogens (tertiary/aromatic N) is 2. The van der Waals surface area contributed by atoms with E-state index in [9.17, 15) is 26.0 Å². The second-order valence-electron chi connectivity index (χ2n) is 6.38. The van der Waals surface area contributed by atoms with Crippen LogP contribution in [0.2, 0.25) is 5.02 Å². The number of carbonyl (C=O) groups excluding carboxylic acids is 1. The molecule has 1 heterocycles. The van der Waals surface area contributed by atoms with Crippen molar-refractivity contribution in [2.45, 2.75) is 4.90 Å². The Bertz CT molecular complexity index is 1330. The molecule has 0 aliphatic carbocycles. The van der Waals surface area contributed by atoms with Crippen molar-refractivity contribution in [3.63, 3.8) is 0 Å². The van der Waals surface area contributed by atoms with Gasteiger partial charge in [0.15, 0.2) is 5.13 Å². The van der Waals surface area contributed by atoms with Gasteiger partial charge in [0.2, 0.25) is 15.9 Å². The molecule has 0 aliphatic heterocycles. The fourth-order valence-corrected chi connectivity index (χ4v) is 5.35. The third-order valence-corrected chi connectivity index (χ3v) is 7.58. The smallest absolute Gasteiger partial charge is 0.263 e. The first-order valence-electron chi connectivity index (χ1n) is 8.71. The van der Waals surface area contributed by atoms with Gasteiger partial charge >= 0.3 is 0 Å². The van der Waals surface area contributed by atoms with Crippen LogP contribution in [0.4, 0.5) is 20.9 Å².